The van der Waals surface area contributed by atoms with Crippen molar-refractivity contribution in [3.63, 3.8) is 0 Å². The predicted molar refractivity (Wildman–Crippen MR) is 223 cm³/mol. The molecule has 0 unspecified atom stereocenters. The van der Waals surface area contributed by atoms with Gasteiger partial charge in [-0.25, -0.2) is 92.4 Å². The molecule has 0 atom stereocenters. The van der Waals surface area contributed by atoms with Gasteiger partial charge in [0.1, 0.15) is 52.7 Å². The zero-order valence-corrected chi connectivity index (χ0v) is 35.0. The largest absolute Gasteiger partial charge is 0.207 e. The van der Waals surface area contributed by atoms with E-state index in [2.05, 4.69) is 102 Å². The highest BCUT2D eigenvalue weighted by molar-refractivity contribution is 7.20. The van der Waals surface area contributed by atoms with Crippen LogP contribution in [0.25, 0.3) is 43.1 Å². The summed E-state index contributed by atoms with van der Waals surface area (Å²) in [6.45, 7) is 0.874. The van der Waals surface area contributed by atoms with Crippen LogP contribution in [0.2, 0.25) is 0 Å². The maximum absolute atomic E-state index is 15.4. The molecule has 0 aliphatic heterocycles. The van der Waals surface area contributed by atoms with Gasteiger partial charge in [-0.1, -0.05) is 72.8 Å². The molecule has 22 heteroatoms. The summed E-state index contributed by atoms with van der Waals surface area (Å²) in [7, 11) is 0. The molecule has 1 nitrogen and oxygen atoms in total. The quantitative estimate of drug-likeness (QED) is 0.0390. The van der Waals surface area contributed by atoms with Gasteiger partial charge >= 0.3 is 0 Å². The summed E-state index contributed by atoms with van der Waals surface area (Å²) in [6, 6.07) is 30.9. The third-order valence-electron chi connectivity index (χ3n) is 12.4. The second-order valence-corrected chi connectivity index (χ2v) is 16.1. The summed E-state index contributed by atoms with van der Waals surface area (Å²) < 4.78 is 296. The molecule has 9 aromatic carbocycles. The molecule has 366 valence electrons. The molecule has 72 heavy (non-hydrogen) atoms. The summed E-state index contributed by atoms with van der Waals surface area (Å²) in [6.07, 6.45) is -2.79. The highest BCUT2D eigenvalue weighted by Gasteiger charge is 2.52. The summed E-state index contributed by atoms with van der Waals surface area (Å²) in [5, 5.41) is 10.7. The number of nitrogens with zero attached hydrogens (tertiary/aromatic N) is 1. The van der Waals surface area contributed by atoms with E-state index in [0.29, 0.717) is 0 Å². The van der Waals surface area contributed by atoms with Gasteiger partial charge in [-0.2, -0.15) is 0 Å². The third kappa shape index (κ3) is 7.07. The summed E-state index contributed by atoms with van der Waals surface area (Å²) >= 11 is 0. The number of aromatic nitrogens is 1. The number of pyridine rings is 1. The van der Waals surface area contributed by atoms with Gasteiger partial charge in [-0.15, -0.1) is 21.9 Å². The first kappa shape index (κ1) is 49.1. The second kappa shape index (κ2) is 17.7. The lowest BCUT2D eigenvalue weighted by Crippen LogP contribution is -2.81. The van der Waals surface area contributed by atoms with E-state index in [0.717, 1.165) is 6.54 Å². The lowest BCUT2D eigenvalue weighted by Gasteiger charge is -2.44. The zero-order chi connectivity index (χ0) is 52.2. The van der Waals surface area contributed by atoms with E-state index in [1.807, 2.05) is 0 Å². The maximum atomic E-state index is 15.4. The molecule has 0 spiro atoms. The minimum Gasteiger partial charge on any atom is -0.207 e. The number of rotatable bonds is 6. The van der Waals surface area contributed by atoms with Crippen LogP contribution in [0, 0.1) is 116 Å². The van der Waals surface area contributed by atoms with Gasteiger partial charge in [-0.05, 0) is 43.8 Å². The van der Waals surface area contributed by atoms with Crippen molar-refractivity contribution >= 4 is 71.1 Å². The molecular weight excluding hydrogens is 1010 g/mol. The van der Waals surface area contributed by atoms with Crippen LogP contribution in [0.4, 0.5) is 87.8 Å². The molecule has 1 aromatic heterocycles. The number of hydrogen-bond donors (Lipinski definition) is 0. The Morgan fingerprint density at radius 3 is 0.972 bits per heavy atom. The zero-order valence-electron chi connectivity index (χ0n) is 35.0. The molecule has 0 aliphatic carbocycles. The van der Waals surface area contributed by atoms with Crippen molar-refractivity contribution in [2.45, 2.75) is 6.54 Å². The fourth-order valence-corrected chi connectivity index (χ4v) is 9.28. The maximum Gasteiger partial charge on any atom is 0.200 e. The molecule has 0 radical (unpaired) electrons. The molecule has 0 saturated carbocycles. The topological polar surface area (TPSA) is 3.88 Å². The Hall–Kier alpha value is -7.91. The van der Waals surface area contributed by atoms with Gasteiger partial charge in [-0.3, -0.25) is 0 Å². The Balaban J connectivity index is 0.000000199. The average molecular weight is 1020 g/mol. The molecule has 1 heterocycles. The molecule has 0 N–H and O–H groups in total. The first-order valence-corrected chi connectivity index (χ1v) is 20.3. The van der Waals surface area contributed by atoms with Crippen LogP contribution in [-0.2, 0) is 6.54 Å². The van der Waals surface area contributed by atoms with E-state index in [1.165, 1.54) is 48.7 Å². The average Bonchev–Trinajstić information content (AvgIpc) is 3.38. The molecule has 0 aliphatic rings. The molecule has 0 saturated heterocycles. The highest BCUT2D eigenvalue weighted by atomic mass is 19.2. The fraction of sp³-hybridized carbons (Fsp3) is 0.0200. The van der Waals surface area contributed by atoms with Crippen LogP contribution in [0.1, 0.15) is 5.56 Å². The number of halogens is 20. The minimum absolute atomic E-state index is 0.874. The normalized spacial score (nSPS) is 11.9. The summed E-state index contributed by atoms with van der Waals surface area (Å²) in [5.74, 6) is -71.4. The Morgan fingerprint density at radius 2 is 0.583 bits per heavy atom. The highest BCUT2D eigenvalue weighted by Crippen LogP contribution is 2.36. The number of benzene rings is 9. The summed E-state index contributed by atoms with van der Waals surface area (Å²) in [4.78, 5) is 0. The second-order valence-electron chi connectivity index (χ2n) is 16.1. The SMILES string of the molecule is Fc1c(F)c(F)c([B-](c2c(F)c(F)c(F)c(F)c2F)(c2c(F)c(F)c(F)c(F)c2F)c2c(F)c(F)c(F)c(F)c2F)c(F)c1F.c1ccc2c[n+](Cc3ccc4ccc5cccc6ccc3c4c56)ccc2c1. The standard InChI is InChI=1S/C26H18N.C24BF20/c1-2-5-22-16-27(15-14-18(22)4-1)17-23-11-10-21-9-8-19-6-3-7-20-12-13-24(23)26(21)25(19)20;26-5-1(6(27)14(35)21(42)13(5)34)25(2-7(28)15(36)22(43)16(37)8(2)29,3-9(30)17(38)23(44)18(39)10(3)31)4-11(32)19(40)24(45)20(41)12(4)33/h1-16H,17H2;/q+1;-1. The lowest BCUT2D eigenvalue weighted by molar-refractivity contribution is -0.686. The van der Waals surface area contributed by atoms with E-state index in [-0.39, 0.29) is 0 Å². The van der Waals surface area contributed by atoms with E-state index < -0.39 is 144 Å². The van der Waals surface area contributed by atoms with Crippen molar-refractivity contribution in [2.75, 3.05) is 0 Å². The van der Waals surface area contributed by atoms with Gasteiger partial charge in [0.05, 0.1) is 0 Å². The van der Waals surface area contributed by atoms with Crippen molar-refractivity contribution < 1.29 is 92.4 Å². The monoisotopic (exact) mass is 1020 g/mol. The Labute approximate surface area is 388 Å². The van der Waals surface area contributed by atoms with E-state index >= 15 is 35.1 Å². The van der Waals surface area contributed by atoms with Crippen LogP contribution in [0.15, 0.2) is 97.3 Å². The van der Waals surface area contributed by atoms with Gasteiger partial charge < -0.3 is 0 Å². The van der Waals surface area contributed by atoms with Crippen molar-refractivity contribution in [1.82, 2.24) is 0 Å². The molecule has 0 bridgehead atoms. The molecule has 0 fully saturated rings. The molecule has 0 amide bonds. The van der Waals surface area contributed by atoms with E-state index in [9.17, 15) is 52.7 Å². The van der Waals surface area contributed by atoms with Crippen LogP contribution in [-0.4, -0.2) is 6.15 Å². The van der Waals surface area contributed by atoms with E-state index in [4.69, 9.17) is 0 Å². The van der Waals surface area contributed by atoms with Gasteiger partial charge in [0.2, 0.25) is 0 Å². The van der Waals surface area contributed by atoms with E-state index in [1.54, 1.807) is 0 Å². The molecule has 10 rings (SSSR count). The first-order chi connectivity index (χ1) is 34.1. The van der Waals surface area contributed by atoms with Crippen LogP contribution in [0.5, 0.6) is 0 Å². The van der Waals surface area contributed by atoms with Crippen molar-refractivity contribution in [3.8, 4) is 0 Å². The van der Waals surface area contributed by atoms with Crippen molar-refractivity contribution in [3.05, 3.63) is 219 Å². The minimum atomic E-state index is -7.22. The lowest BCUT2D eigenvalue weighted by atomic mass is 9.12. The first-order valence-electron chi connectivity index (χ1n) is 20.3. The predicted octanol–water partition coefficient (Wildman–Crippen LogP) is 11.9. The number of hydrogen-bond acceptors (Lipinski definition) is 0. The van der Waals surface area contributed by atoms with Crippen molar-refractivity contribution in [1.29, 1.82) is 0 Å². The van der Waals surface area contributed by atoms with Gasteiger partial charge in [0.25, 0.3) is 0 Å². The van der Waals surface area contributed by atoms with Crippen LogP contribution in [0.3, 0.4) is 0 Å². The Kier molecular flexibility index (Phi) is 12.1. The Morgan fingerprint density at radius 1 is 0.278 bits per heavy atom. The van der Waals surface area contributed by atoms with Crippen molar-refractivity contribution in [2.24, 2.45) is 0 Å². The van der Waals surface area contributed by atoms with Crippen LogP contribution >= 0.6 is 0 Å². The smallest absolute Gasteiger partial charge is 0.200 e. The third-order valence-corrected chi connectivity index (χ3v) is 12.4. The molecular formula is C50H18BF20N. The van der Waals surface area contributed by atoms with Gasteiger partial charge in [0.15, 0.2) is 88.7 Å². The number of fused-ring (bicyclic) bond motifs is 1. The van der Waals surface area contributed by atoms with Gasteiger partial charge in [0, 0.05) is 17.0 Å². The molecule has 10 aromatic rings. The summed E-state index contributed by atoms with van der Waals surface area (Å²) in [5.41, 5.74) is -13.0. The van der Waals surface area contributed by atoms with Crippen LogP contribution < -0.4 is 26.4 Å². The Bertz CT molecular complexity index is 3520. The fourth-order valence-electron chi connectivity index (χ4n) is 9.28.